The number of ether oxygens (including phenoxy) is 3. The highest BCUT2D eigenvalue weighted by Gasteiger charge is 2.23. The highest BCUT2D eigenvalue weighted by molar-refractivity contribution is 5.98. The molecular formula is C31H36FN3O5. The number of esters is 1. The number of carbonyl (C=O) groups is 2. The zero-order chi connectivity index (χ0) is 28.6. The van der Waals surface area contributed by atoms with Gasteiger partial charge in [-0.25, -0.2) is 4.39 Å². The van der Waals surface area contributed by atoms with Gasteiger partial charge in [-0.15, -0.1) is 0 Å². The van der Waals surface area contributed by atoms with Crippen molar-refractivity contribution in [3.8, 4) is 22.8 Å². The van der Waals surface area contributed by atoms with Gasteiger partial charge in [0.1, 0.15) is 18.4 Å². The van der Waals surface area contributed by atoms with Crippen molar-refractivity contribution in [2.45, 2.75) is 64.8 Å². The van der Waals surface area contributed by atoms with E-state index in [0.717, 1.165) is 25.7 Å². The van der Waals surface area contributed by atoms with E-state index in [-0.39, 0.29) is 36.8 Å². The molecule has 1 aliphatic carbocycles. The minimum atomic E-state index is -0.721. The molecule has 0 bridgehead atoms. The van der Waals surface area contributed by atoms with Crippen LogP contribution in [0.2, 0.25) is 0 Å². The Morgan fingerprint density at radius 1 is 1.10 bits per heavy atom. The topological polar surface area (TPSA) is 113 Å². The van der Waals surface area contributed by atoms with Crippen LogP contribution in [0.4, 0.5) is 4.39 Å². The van der Waals surface area contributed by atoms with Gasteiger partial charge in [0.05, 0.1) is 24.5 Å². The summed E-state index contributed by atoms with van der Waals surface area (Å²) < 4.78 is 30.8. The molecule has 1 aromatic heterocycles. The Morgan fingerprint density at radius 3 is 2.55 bits per heavy atom. The minimum Gasteiger partial charge on any atom is -0.494 e. The lowest BCUT2D eigenvalue weighted by atomic mass is 10.0. The lowest BCUT2D eigenvalue weighted by molar-refractivity contribution is -0.147. The SMILES string of the molecule is COc1ccc(CNC(=O)c2cc(-c3ncccc3COC(=O)[C@@H](N)C(C)C)ccc2OC2CCCC2)cc1F. The molecule has 9 heteroatoms. The average Bonchev–Trinajstić information content (AvgIpc) is 3.47. The van der Waals surface area contributed by atoms with Gasteiger partial charge in [-0.2, -0.15) is 0 Å². The zero-order valence-electron chi connectivity index (χ0n) is 23.1. The van der Waals surface area contributed by atoms with Crippen LogP contribution < -0.4 is 20.5 Å². The standard InChI is InChI=1S/C31H36FN3O5/c1-19(2)28(33)31(37)39-18-22-7-6-14-34-29(22)21-11-13-26(40-23-8-4-5-9-23)24(16-21)30(36)35-17-20-10-12-27(38-3)25(32)15-20/h6-7,10-16,19,23,28H,4-5,8-9,17-18,33H2,1-3H3,(H,35,36)/t28-/m0/s1. The molecule has 3 N–H and O–H groups in total. The molecule has 1 fully saturated rings. The number of amides is 1. The predicted molar refractivity (Wildman–Crippen MR) is 149 cm³/mol. The third-order valence-electron chi connectivity index (χ3n) is 7.01. The molecule has 8 nitrogen and oxygen atoms in total. The van der Waals surface area contributed by atoms with Crippen LogP contribution in [0.1, 0.15) is 61.0 Å². The van der Waals surface area contributed by atoms with Crippen molar-refractivity contribution in [3.05, 3.63) is 77.2 Å². The van der Waals surface area contributed by atoms with E-state index >= 15 is 0 Å². The molecule has 1 aliphatic rings. The summed E-state index contributed by atoms with van der Waals surface area (Å²) in [5.41, 5.74) is 8.78. The first-order valence-electron chi connectivity index (χ1n) is 13.5. The summed E-state index contributed by atoms with van der Waals surface area (Å²) in [5.74, 6) is -0.792. The highest BCUT2D eigenvalue weighted by Crippen LogP contribution is 2.31. The molecule has 2 aromatic carbocycles. The highest BCUT2D eigenvalue weighted by atomic mass is 19.1. The van der Waals surface area contributed by atoms with Gasteiger partial charge >= 0.3 is 5.97 Å². The number of benzene rings is 2. The van der Waals surface area contributed by atoms with Crippen molar-refractivity contribution in [3.63, 3.8) is 0 Å². The minimum absolute atomic E-state index is 0.00663. The smallest absolute Gasteiger partial charge is 0.323 e. The molecule has 3 aromatic rings. The normalized spacial score (nSPS) is 14.2. The van der Waals surface area contributed by atoms with Crippen LogP contribution >= 0.6 is 0 Å². The van der Waals surface area contributed by atoms with Crippen LogP contribution in [-0.2, 0) is 22.7 Å². The van der Waals surface area contributed by atoms with Crippen molar-refractivity contribution in [2.24, 2.45) is 11.7 Å². The number of methoxy groups -OCH3 is 1. The van der Waals surface area contributed by atoms with Crippen molar-refractivity contribution < 1.29 is 28.2 Å². The molecule has 1 atom stereocenters. The quantitative estimate of drug-likeness (QED) is 0.317. The monoisotopic (exact) mass is 549 g/mol. The van der Waals surface area contributed by atoms with E-state index in [1.165, 1.54) is 19.2 Å². The van der Waals surface area contributed by atoms with E-state index in [9.17, 15) is 14.0 Å². The molecule has 0 radical (unpaired) electrons. The Labute approximate surface area is 234 Å². The number of carbonyl (C=O) groups excluding carboxylic acids is 2. The van der Waals surface area contributed by atoms with Gasteiger partial charge in [0.25, 0.3) is 5.91 Å². The van der Waals surface area contributed by atoms with Crippen LogP contribution in [0.3, 0.4) is 0 Å². The van der Waals surface area contributed by atoms with Gasteiger partial charge in [-0.3, -0.25) is 14.6 Å². The Hall–Kier alpha value is -3.98. The third kappa shape index (κ3) is 7.15. The van der Waals surface area contributed by atoms with Gasteiger partial charge in [0, 0.05) is 23.9 Å². The predicted octanol–water partition coefficient (Wildman–Crippen LogP) is 5.17. The maximum absolute atomic E-state index is 14.2. The van der Waals surface area contributed by atoms with Crippen LogP contribution in [0, 0.1) is 11.7 Å². The van der Waals surface area contributed by atoms with Crippen LogP contribution in [0.25, 0.3) is 11.3 Å². The molecule has 1 amide bonds. The van der Waals surface area contributed by atoms with E-state index in [1.807, 2.05) is 26.0 Å². The Bertz CT molecular complexity index is 1340. The van der Waals surface area contributed by atoms with E-state index in [2.05, 4.69) is 10.3 Å². The summed E-state index contributed by atoms with van der Waals surface area (Å²) in [6.07, 6.45) is 5.72. The summed E-state index contributed by atoms with van der Waals surface area (Å²) in [7, 11) is 1.40. The number of pyridine rings is 1. The summed E-state index contributed by atoms with van der Waals surface area (Å²) in [4.78, 5) is 30.3. The number of nitrogens with two attached hydrogens (primary N) is 1. The fourth-order valence-corrected chi connectivity index (χ4v) is 4.57. The summed E-state index contributed by atoms with van der Waals surface area (Å²) >= 11 is 0. The lowest BCUT2D eigenvalue weighted by Gasteiger charge is -2.18. The zero-order valence-corrected chi connectivity index (χ0v) is 23.1. The van der Waals surface area contributed by atoms with Gasteiger partial charge in [-0.05, 0) is 73.6 Å². The van der Waals surface area contributed by atoms with E-state index < -0.39 is 17.8 Å². The number of nitrogens with one attached hydrogen (secondary N) is 1. The van der Waals surface area contributed by atoms with Crippen molar-refractivity contribution in [2.75, 3.05) is 7.11 Å². The molecule has 1 saturated carbocycles. The van der Waals surface area contributed by atoms with Crippen LogP contribution in [0.5, 0.6) is 11.5 Å². The second-order valence-electron chi connectivity index (χ2n) is 10.3. The Kier molecular flexibility index (Phi) is 9.71. The lowest BCUT2D eigenvalue weighted by Crippen LogP contribution is -2.36. The largest absolute Gasteiger partial charge is 0.494 e. The molecule has 0 spiro atoms. The first-order valence-corrected chi connectivity index (χ1v) is 13.5. The second kappa shape index (κ2) is 13.4. The van der Waals surface area contributed by atoms with Crippen LogP contribution in [-0.4, -0.2) is 36.1 Å². The van der Waals surface area contributed by atoms with E-state index in [0.29, 0.717) is 33.7 Å². The Balaban J connectivity index is 1.59. The second-order valence-corrected chi connectivity index (χ2v) is 10.3. The molecule has 40 heavy (non-hydrogen) atoms. The number of rotatable bonds is 11. The first kappa shape index (κ1) is 29.0. The summed E-state index contributed by atoms with van der Waals surface area (Å²) in [6, 6.07) is 12.7. The van der Waals surface area contributed by atoms with Gasteiger partial charge in [-0.1, -0.05) is 26.0 Å². The molecule has 0 aliphatic heterocycles. The maximum atomic E-state index is 14.2. The molecule has 0 saturated heterocycles. The fourth-order valence-electron chi connectivity index (χ4n) is 4.57. The molecule has 212 valence electrons. The first-order chi connectivity index (χ1) is 19.3. The number of aromatic nitrogens is 1. The van der Waals surface area contributed by atoms with Crippen molar-refractivity contribution in [1.29, 1.82) is 0 Å². The van der Waals surface area contributed by atoms with Gasteiger partial charge < -0.3 is 25.3 Å². The molecule has 1 heterocycles. The fraction of sp³-hybridized carbons (Fsp3) is 0.387. The third-order valence-corrected chi connectivity index (χ3v) is 7.01. The average molecular weight is 550 g/mol. The maximum Gasteiger partial charge on any atom is 0.323 e. The van der Waals surface area contributed by atoms with Crippen LogP contribution in [0.15, 0.2) is 54.7 Å². The number of hydrogen-bond acceptors (Lipinski definition) is 7. The molecule has 4 rings (SSSR count). The van der Waals surface area contributed by atoms with E-state index in [4.69, 9.17) is 19.9 Å². The Morgan fingerprint density at radius 2 is 1.85 bits per heavy atom. The van der Waals surface area contributed by atoms with Gasteiger partial charge in [0.15, 0.2) is 11.6 Å². The molecular weight excluding hydrogens is 513 g/mol. The number of hydrogen-bond donors (Lipinski definition) is 2. The number of halogens is 1. The van der Waals surface area contributed by atoms with Gasteiger partial charge in [0.2, 0.25) is 0 Å². The van der Waals surface area contributed by atoms with E-state index in [1.54, 1.807) is 30.5 Å². The number of nitrogens with zero attached hydrogens (tertiary/aromatic N) is 1. The van der Waals surface area contributed by atoms with Crippen molar-refractivity contribution in [1.82, 2.24) is 10.3 Å². The molecule has 0 unspecified atom stereocenters. The summed E-state index contributed by atoms with van der Waals surface area (Å²) in [5, 5.41) is 2.87. The summed E-state index contributed by atoms with van der Waals surface area (Å²) in [6.45, 7) is 3.82. The van der Waals surface area contributed by atoms with Crippen molar-refractivity contribution >= 4 is 11.9 Å².